The summed E-state index contributed by atoms with van der Waals surface area (Å²) in [5.41, 5.74) is 0.499. The zero-order valence-electron chi connectivity index (χ0n) is 13.7. The van der Waals surface area contributed by atoms with Gasteiger partial charge in [0.2, 0.25) is 0 Å². The first-order valence-corrected chi connectivity index (χ1v) is 8.60. The molecule has 3 nitrogen and oxygen atoms in total. The Kier molecular flexibility index (Phi) is 5.49. The van der Waals surface area contributed by atoms with Crippen LogP contribution in [0, 0.1) is 5.41 Å². The summed E-state index contributed by atoms with van der Waals surface area (Å²) in [5, 5.41) is 13.4. The van der Waals surface area contributed by atoms with E-state index in [1.54, 1.807) is 0 Å². The van der Waals surface area contributed by atoms with Crippen LogP contribution >= 0.6 is 0 Å². The molecule has 2 N–H and O–H groups in total. The van der Waals surface area contributed by atoms with E-state index in [1.807, 2.05) is 0 Å². The minimum absolute atomic E-state index is 0.0144. The number of nitrogens with zero attached hydrogens (tertiary/aromatic N) is 1. The molecule has 2 atom stereocenters. The minimum Gasteiger partial charge on any atom is -0.394 e. The van der Waals surface area contributed by atoms with Crippen LogP contribution in [-0.2, 0) is 0 Å². The lowest BCUT2D eigenvalue weighted by molar-refractivity contribution is 0.0604. The van der Waals surface area contributed by atoms with Crippen LogP contribution in [0.1, 0.15) is 65.7 Å². The molecule has 2 fully saturated rings. The van der Waals surface area contributed by atoms with Gasteiger partial charge in [0.25, 0.3) is 0 Å². The van der Waals surface area contributed by atoms with Gasteiger partial charge in [0.05, 0.1) is 6.61 Å². The third-order valence-corrected chi connectivity index (χ3v) is 5.56. The number of rotatable bonds is 4. The van der Waals surface area contributed by atoms with E-state index in [0.717, 1.165) is 19.4 Å². The van der Waals surface area contributed by atoms with Crippen LogP contribution in [0.5, 0.6) is 0 Å². The highest BCUT2D eigenvalue weighted by molar-refractivity contribution is 4.96. The van der Waals surface area contributed by atoms with E-state index in [0.29, 0.717) is 11.5 Å². The summed E-state index contributed by atoms with van der Waals surface area (Å²) in [4.78, 5) is 2.72. The molecule has 2 rings (SSSR count). The Balaban J connectivity index is 1.97. The van der Waals surface area contributed by atoms with Gasteiger partial charge in [-0.15, -0.1) is 0 Å². The van der Waals surface area contributed by atoms with Gasteiger partial charge < -0.3 is 15.3 Å². The predicted octanol–water partition coefficient (Wildman–Crippen LogP) is 2.78. The van der Waals surface area contributed by atoms with Crippen LogP contribution in [0.25, 0.3) is 0 Å². The summed E-state index contributed by atoms with van der Waals surface area (Å²) in [6.07, 6.45) is 8.82. The van der Waals surface area contributed by atoms with E-state index < -0.39 is 0 Å². The second-order valence-corrected chi connectivity index (χ2v) is 7.77. The van der Waals surface area contributed by atoms with Crippen LogP contribution < -0.4 is 5.32 Å². The third kappa shape index (κ3) is 3.96. The number of aliphatic hydroxyl groups excluding tert-OH is 1. The average molecular weight is 282 g/mol. The fourth-order valence-corrected chi connectivity index (χ4v) is 4.19. The highest BCUT2D eigenvalue weighted by Crippen LogP contribution is 2.35. The summed E-state index contributed by atoms with van der Waals surface area (Å²) < 4.78 is 0. The molecule has 118 valence electrons. The van der Waals surface area contributed by atoms with E-state index in [-0.39, 0.29) is 12.1 Å². The molecule has 0 aromatic carbocycles. The van der Waals surface area contributed by atoms with Crippen molar-refractivity contribution in [3.8, 4) is 0 Å². The summed E-state index contributed by atoms with van der Waals surface area (Å²) >= 11 is 0. The number of aliphatic hydroxyl groups is 1. The van der Waals surface area contributed by atoms with Crippen molar-refractivity contribution in [2.24, 2.45) is 5.41 Å². The fraction of sp³-hybridized carbons (Fsp3) is 1.00. The maximum absolute atomic E-state index is 9.85. The molecule has 0 spiro atoms. The molecule has 0 aromatic rings. The summed E-state index contributed by atoms with van der Waals surface area (Å²) in [6, 6.07) is 0.670. The molecular weight excluding hydrogens is 248 g/mol. The zero-order valence-corrected chi connectivity index (χ0v) is 13.7. The topological polar surface area (TPSA) is 35.5 Å². The van der Waals surface area contributed by atoms with Gasteiger partial charge in [0.1, 0.15) is 0 Å². The molecule has 0 radical (unpaired) electrons. The lowest BCUT2D eigenvalue weighted by atomic mass is 9.78. The molecule has 1 aliphatic heterocycles. The van der Waals surface area contributed by atoms with Crippen molar-refractivity contribution in [1.29, 1.82) is 0 Å². The number of hydrogen-bond acceptors (Lipinski definition) is 3. The average Bonchev–Trinajstić information content (AvgIpc) is 2.60. The Morgan fingerprint density at radius 3 is 2.65 bits per heavy atom. The Labute approximate surface area is 125 Å². The molecule has 20 heavy (non-hydrogen) atoms. The SMILES string of the molecule is CCNC1(CO)CCCC(N2CCCC(C)(C)CC2)C1. The highest BCUT2D eigenvalue weighted by Gasteiger charge is 2.38. The molecule has 2 aliphatic rings. The highest BCUT2D eigenvalue weighted by atomic mass is 16.3. The van der Waals surface area contributed by atoms with Crippen LogP contribution in [0.15, 0.2) is 0 Å². The predicted molar refractivity (Wildman–Crippen MR) is 85.0 cm³/mol. The van der Waals surface area contributed by atoms with Crippen molar-refractivity contribution in [2.45, 2.75) is 77.3 Å². The minimum atomic E-state index is -0.0144. The van der Waals surface area contributed by atoms with Gasteiger partial charge in [-0.05, 0) is 70.0 Å². The van der Waals surface area contributed by atoms with Crippen molar-refractivity contribution >= 4 is 0 Å². The van der Waals surface area contributed by atoms with Crippen LogP contribution in [0.3, 0.4) is 0 Å². The van der Waals surface area contributed by atoms with Crippen LogP contribution in [0.2, 0.25) is 0 Å². The zero-order chi connectivity index (χ0) is 14.6. The third-order valence-electron chi connectivity index (χ3n) is 5.56. The van der Waals surface area contributed by atoms with Crippen molar-refractivity contribution in [1.82, 2.24) is 10.2 Å². The van der Waals surface area contributed by atoms with Gasteiger partial charge in [-0.2, -0.15) is 0 Å². The molecule has 0 bridgehead atoms. The monoisotopic (exact) mass is 282 g/mol. The smallest absolute Gasteiger partial charge is 0.0613 e. The molecule has 1 saturated carbocycles. The number of likely N-dealkylation sites (N-methyl/N-ethyl adjacent to an activating group) is 1. The fourth-order valence-electron chi connectivity index (χ4n) is 4.19. The molecule has 3 heteroatoms. The lowest BCUT2D eigenvalue weighted by Crippen LogP contribution is -2.56. The van der Waals surface area contributed by atoms with Gasteiger partial charge in [-0.1, -0.05) is 20.8 Å². The van der Waals surface area contributed by atoms with E-state index in [4.69, 9.17) is 0 Å². The van der Waals surface area contributed by atoms with Gasteiger partial charge in [0, 0.05) is 11.6 Å². The maximum atomic E-state index is 9.85. The quantitative estimate of drug-likeness (QED) is 0.832. The largest absolute Gasteiger partial charge is 0.394 e. The Morgan fingerprint density at radius 1 is 1.15 bits per heavy atom. The molecule has 1 aliphatic carbocycles. The first-order chi connectivity index (χ1) is 9.50. The number of likely N-dealkylation sites (tertiary alicyclic amines) is 1. The number of hydrogen-bond donors (Lipinski definition) is 2. The van der Waals surface area contributed by atoms with Crippen molar-refractivity contribution < 1.29 is 5.11 Å². The normalized spacial score (nSPS) is 35.7. The Morgan fingerprint density at radius 2 is 1.95 bits per heavy atom. The van der Waals surface area contributed by atoms with Crippen molar-refractivity contribution in [2.75, 3.05) is 26.2 Å². The van der Waals surface area contributed by atoms with Gasteiger partial charge >= 0.3 is 0 Å². The first-order valence-electron chi connectivity index (χ1n) is 8.60. The maximum Gasteiger partial charge on any atom is 0.0613 e. The van der Waals surface area contributed by atoms with E-state index in [2.05, 4.69) is 31.0 Å². The second kappa shape index (κ2) is 6.76. The second-order valence-electron chi connectivity index (χ2n) is 7.77. The number of nitrogens with one attached hydrogen (secondary N) is 1. The van der Waals surface area contributed by atoms with Gasteiger partial charge in [0.15, 0.2) is 0 Å². The van der Waals surface area contributed by atoms with Crippen molar-refractivity contribution in [3.05, 3.63) is 0 Å². The van der Waals surface area contributed by atoms with E-state index in [1.165, 1.54) is 45.2 Å². The summed E-state index contributed by atoms with van der Waals surface area (Å²) in [5.74, 6) is 0. The Hall–Kier alpha value is -0.120. The first kappa shape index (κ1) is 16.3. The molecular formula is C17H34N2O. The summed E-state index contributed by atoms with van der Waals surface area (Å²) in [7, 11) is 0. The Bertz CT molecular complexity index is 301. The van der Waals surface area contributed by atoms with E-state index in [9.17, 15) is 5.11 Å². The van der Waals surface area contributed by atoms with Gasteiger partial charge in [-0.25, -0.2) is 0 Å². The van der Waals surface area contributed by atoms with Crippen molar-refractivity contribution in [3.63, 3.8) is 0 Å². The molecule has 0 amide bonds. The van der Waals surface area contributed by atoms with Crippen LogP contribution in [0.4, 0.5) is 0 Å². The molecule has 1 heterocycles. The lowest BCUT2D eigenvalue weighted by Gasteiger charge is -2.44. The van der Waals surface area contributed by atoms with Gasteiger partial charge in [-0.3, -0.25) is 0 Å². The van der Waals surface area contributed by atoms with Crippen LogP contribution in [-0.4, -0.2) is 47.8 Å². The van der Waals surface area contributed by atoms with E-state index >= 15 is 0 Å². The summed E-state index contributed by atoms with van der Waals surface area (Å²) in [6.45, 7) is 10.7. The molecule has 0 aromatic heterocycles. The standard InChI is InChI=1S/C17H34N2O/c1-4-18-17(14-20)9-5-7-15(13-17)19-11-6-8-16(2,3)10-12-19/h15,18,20H,4-14H2,1-3H3. The molecule has 2 unspecified atom stereocenters. The molecule has 1 saturated heterocycles.